The van der Waals surface area contributed by atoms with Crippen LogP contribution in [0, 0.1) is 5.92 Å². The minimum atomic E-state index is -1.01. The van der Waals surface area contributed by atoms with Gasteiger partial charge in [0.25, 0.3) is 0 Å². The maximum Gasteiger partial charge on any atom is 0.334 e. The van der Waals surface area contributed by atoms with E-state index in [1.54, 1.807) is 4.90 Å². The van der Waals surface area contributed by atoms with Crippen LogP contribution < -0.4 is 5.32 Å². The van der Waals surface area contributed by atoms with Crippen molar-refractivity contribution in [2.75, 3.05) is 19.7 Å². The number of ether oxygens (including phenoxy) is 1. The summed E-state index contributed by atoms with van der Waals surface area (Å²) in [6, 6.07) is 0.0731. The molecule has 6 nitrogen and oxygen atoms in total. The molecular formula is C13H22N2O4. The molecule has 1 heterocycles. The van der Waals surface area contributed by atoms with Crippen LogP contribution in [0.3, 0.4) is 0 Å². The first-order valence-electron chi connectivity index (χ1n) is 6.96. The second-order valence-corrected chi connectivity index (χ2v) is 5.55. The number of aliphatic carboxylic acids is 1. The van der Waals surface area contributed by atoms with Crippen LogP contribution in [0.5, 0.6) is 0 Å². The maximum atomic E-state index is 12.1. The molecule has 0 aromatic heterocycles. The van der Waals surface area contributed by atoms with Gasteiger partial charge in [-0.1, -0.05) is 6.92 Å². The first kappa shape index (κ1) is 14.1. The SMILES string of the molecule is CC1CCC(NC(=O)N2CCOC(C(=O)O)C2)CC1. The Morgan fingerprint density at radius 1 is 1.26 bits per heavy atom. The van der Waals surface area contributed by atoms with Gasteiger partial charge in [0.2, 0.25) is 0 Å². The van der Waals surface area contributed by atoms with Gasteiger partial charge in [-0.3, -0.25) is 0 Å². The molecule has 19 heavy (non-hydrogen) atoms. The molecule has 0 bridgehead atoms. The van der Waals surface area contributed by atoms with Gasteiger partial charge >= 0.3 is 12.0 Å². The van der Waals surface area contributed by atoms with Gasteiger partial charge in [-0.15, -0.1) is 0 Å². The van der Waals surface area contributed by atoms with E-state index in [0.717, 1.165) is 31.6 Å². The van der Waals surface area contributed by atoms with E-state index in [0.29, 0.717) is 6.54 Å². The number of hydrogen-bond acceptors (Lipinski definition) is 3. The van der Waals surface area contributed by atoms with Crippen LogP contribution in [0.2, 0.25) is 0 Å². The predicted octanol–water partition coefficient (Wildman–Crippen LogP) is 1.06. The summed E-state index contributed by atoms with van der Waals surface area (Å²) in [7, 11) is 0. The number of amides is 2. The predicted molar refractivity (Wildman–Crippen MR) is 68.9 cm³/mol. The van der Waals surface area contributed by atoms with Gasteiger partial charge in [0, 0.05) is 12.6 Å². The molecule has 1 saturated carbocycles. The first-order valence-corrected chi connectivity index (χ1v) is 6.96. The molecule has 6 heteroatoms. The fraction of sp³-hybridized carbons (Fsp3) is 0.846. The third-order valence-corrected chi connectivity index (χ3v) is 3.97. The normalized spacial score (nSPS) is 31.8. The maximum absolute atomic E-state index is 12.1. The number of carbonyl (C=O) groups excluding carboxylic acids is 1. The van der Waals surface area contributed by atoms with E-state index < -0.39 is 12.1 Å². The Kier molecular flexibility index (Phi) is 4.63. The summed E-state index contributed by atoms with van der Waals surface area (Å²) in [4.78, 5) is 24.5. The first-order chi connectivity index (χ1) is 9.06. The fourth-order valence-electron chi connectivity index (χ4n) is 2.65. The van der Waals surface area contributed by atoms with Crippen LogP contribution in [-0.4, -0.2) is 53.8 Å². The van der Waals surface area contributed by atoms with Crippen molar-refractivity contribution in [2.24, 2.45) is 5.92 Å². The van der Waals surface area contributed by atoms with Crippen molar-refractivity contribution in [3.63, 3.8) is 0 Å². The number of carbonyl (C=O) groups is 2. The molecule has 2 aliphatic rings. The highest BCUT2D eigenvalue weighted by molar-refractivity contribution is 5.77. The molecule has 1 atom stereocenters. The Balaban J connectivity index is 1.80. The van der Waals surface area contributed by atoms with E-state index in [1.165, 1.54) is 0 Å². The quantitative estimate of drug-likeness (QED) is 0.786. The van der Waals surface area contributed by atoms with Crippen LogP contribution in [0.4, 0.5) is 4.79 Å². The van der Waals surface area contributed by atoms with Gasteiger partial charge in [-0.25, -0.2) is 9.59 Å². The number of carboxylic acids is 1. The van der Waals surface area contributed by atoms with E-state index in [1.807, 2.05) is 0 Å². The standard InChI is InChI=1S/C13H22N2O4/c1-9-2-4-10(5-3-9)14-13(18)15-6-7-19-11(8-15)12(16)17/h9-11H,2-8H2,1H3,(H,14,18)(H,16,17). The van der Waals surface area contributed by atoms with E-state index in [4.69, 9.17) is 9.84 Å². The molecule has 2 amide bonds. The number of nitrogens with zero attached hydrogens (tertiary/aromatic N) is 1. The third-order valence-electron chi connectivity index (χ3n) is 3.97. The summed E-state index contributed by atoms with van der Waals surface area (Å²) in [6.45, 7) is 3.10. The number of hydrogen-bond donors (Lipinski definition) is 2. The molecule has 0 aromatic rings. The van der Waals surface area contributed by atoms with Crippen LogP contribution in [0.15, 0.2) is 0 Å². The van der Waals surface area contributed by atoms with Crippen LogP contribution in [0.1, 0.15) is 32.6 Å². The Hall–Kier alpha value is -1.30. The number of rotatable bonds is 2. The molecule has 2 fully saturated rings. The van der Waals surface area contributed by atoms with E-state index in [-0.39, 0.29) is 25.2 Å². The summed E-state index contributed by atoms with van der Waals surface area (Å²) in [5.41, 5.74) is 0. The molecule has 2 N–H and O–H groups in total. The van der Waals surface area contributed by atoms with Gasteiger partial charge < -0.3 is 20.1 Å². The van der Waals surface area contributed by atoms with Crippen molar-refractivity contribution < 1.29 is 19.4 Å². The van der Waals surface area contributed by atoms with Crippen molar-refractivity contribution in [3.8, 4) is 0 Å². The lowest BCUT2D eigenvalue weighted by atomic mass is 9.87. The Bertz CT molecular complexity index is 340. The molecule has 1 unspecified atom stereocenters. The number of urea groups is 1. The molecule has 1 saturated heterocycles. The molecule has 108 valence electrons. The molecule has 0 aromatic carbocycles. The third kappa shape index (κ3) is 3.83. The summed E-state index contributed by atoms with van der Waals surface area (Å²) < 4.78 is 5.10. The van der Waals surface area contributed by atoms with Crippen LogP contribution >= 0.6 is 0 Å². The zero-order chi connectivity index (χ0) is 13.8. The van der Waals surface area contributed by atoms with Crippen molar-refractivity contribution in [3.05, 3.63) is 0 Å². The second kappa shape index (κ2) is 6.23. The van der Waals surface area contributed by atoms with Crippen LogP contribution in [-0.2, 0) is 9.53 Å². The van der Waals surface area contributed by atoms with Crippen molar-refractivity contribution in [1.29, 1.82) is 0 Å². The Morgan fingerprint density at radius 2 is 1.95 bits per heavy atom. The summed E-state index contributed by atoms with van der Waals surface area (Å²) in [6.07, 6.45) is 3.42. The second-order valence-electron chi connectivity index (χ2n) is 5.55. The lowest BCUT2D eigenvalue weighted by Gasteiger charge is -2.33. The zero-order valence-electron chi connectivity index (χ0n) is 11.3. The van der Waals surface area contributed by atoms with Gasteiger partial charge in [-0.2, -0.15) is 0 Å². The summed E-state index contributed by atoms with van der Waals surface area (Å²) in [5, 5.41) is 11.9. The molecule has 1 aliphatic heterocycles. The topological polar surface area (TPSA) is 78.9 Å². The molecule has 1 aliphatic carbocycles. The van der Waals surface area contributed by atoms with E-state index in [9.17, 15) is 9.59 Å². The molecule has 2 rings (SSSR count). The van der Waals surface area contributed by atoms with Gasteiger partial charge in [-0.05, 0) is 31.6 Å². The van der Waals surface area contributed by atoms with Crippen LogP contribution in [0.25, 0.3) is 0 Å². The fourth-order valence-corrected chi connectivity index (χ4v) is 2.65. The highest BCUT2D eigenvalue weighted by atomic mass is 16.5. The van der Waals surface area contributed by atoms with Gasteiger partial charge in [0.15, 0.2) is 6.10 Å². The monoisotopic (exact) mass is 270 g/mol. The highest BCUT2D eigenvalue weighted by Gasteiger charge is 2.30. The molecule has 0 spiro atoms. The average molecular weight is 270 g/mol. The average Bonchev–Trinajstić information content (AvgIpc) is 2.41. The Morgan fingerprint density at radius 3 is 2.58 bits per heavy atom. The summed E-state index contributed by atoms with van der Waals surface area (Å²) in [5.74, 6) is -0.267. The van der Waals surface area contributed by atoms with E-state index in [2.05, 4.69) is 12.2 Å². The number of nitrogens with one attached hydrogen (secondary N) is 1. The lowest BCUT2D eigenvalue weighted by molar-refractivity contribution is -0.154. The largest absolute Gasteiger partial charge is 0.479 e. The minimum absolute atomic E-state index is 0.129. The highest BCUT2D eigenvalue weighted by Crippen LogP contribution is 2.23. The smallest absolute Gasteiger partial charge is 0.334 e. The molecule has 0 radical (unpaired) electrons. The van der Waals surface area contributed by atoms with Gasteiger partial charge in [0.05, 0.1) is 13.2 Å². The zero-order valence-corrected chi connectivity index (χ0v) is 11.3. The molecular weight excluding hydrogens is 248 g/mol. The Labute approximate surface area is 113 Å². The van der Waals surface area contributed by atoms with Crippen molar-refractivity contribution >= 4 is 12.0 Å². The number of carboxylic acid groups (broad SMARTS) is 1. The van der Waals surface area contributed by atoms with Crippen molar-refractivity contribution in [1.82, 2.24) is 10.2 Å². The minimum Gasteiger partial charge on any atom is -0.479 e. The lowest BCUT2D eigenvalue weighted by Crippen LogP contribution is -2.53. The van der Waals surface area contributed by atoms with Gasteiger partial charge in [0.1, 0.15) is 0 Å². The number of morpholine rings is 1. The summed E-state index contributed by atoms with van der Waals surface area (Å²) >= 11 is 0. The van der Waals surface area contributed by atoms with E-state index >= 15 is 0 Å². The van der Waals surface area contributed by atoms with Crippen molar-refractivity contribution in [2.45, 2.75) is 44.8 Å².